The van der Waals surface area contributed by atoms with Crippen molar-refractivity contribution in [1.82, 2.24) is 9.97 Å². The van der Waals surface area contributed by atoms with E-state index in [0.29, 0.717) is 12.4 Å². The minimum absolute atomic E-state index is 0.0349. The Labute approximate surface area is 159 Å². The molecule has 0 unspecified atom stereocenters. The lowest BCUT2D eigenvalue weighted by Crippen LogP contribution is -2.15. The Balaban J connectivity index is 1.68. The number of anilines is 2. The van der Waals surface area contributed by atoms with Crippen molar-refractivity contribution in [2.75, 3.05) is 10.6 Å². The number of carbonyl (C=O) groups is 1. The highest BCUT2D eigenvalue weighted by atomic mass is 19.4. The molecule has 2 N–H and O–H groups in total. The molecule has 0 bridgehead atoms. The first-order valence-electron chi connectivity index (χ1n) is 8.41. The Morgan fingerprint density at radius 1 is 1.04 bits per heavy atom. The zero-order valence-corrected chi connectivity index (χ0v) is 14.9. The normalized spacial score (nSPS) is 11.1. The van der Waals surface area contributed by atoms with E-state index in [4.69, 9.17) is 0 Å². The van der Waals surface area contributed by atoms with Crippen LogP contribution in [0.2, 0.25) is 0 Å². The topological polar surface area (TPSA) is 66.9 Å². The van der Waals surface area contributed by atoms with E-state index in [-0.39, 0.29) is 11.4 Å². The van der Waals surface area contributed by atoms with E-state index in [0.717, 1.165) is 23.3 Å². The van der Waals surface area contributed by atoms with Crippen LogP contribution in [-0.2, 0) is 12.7 Å². The van der Waals surface area contributed by atoms with E-state index in [1.807, 2.05) is 31.2 Å². The van der Waals surface area contributed by atoms with Gasteiger partial charge in [0.2, 0.25) is 0 Å². The zero-order chi connectivity index (χ0) is 20.1. The summed E-state index contributed by atoms with van der Waals surface area (Å²) in [6, 6.07) is 13.8. The third kappa shape index (κ3) is 5.06. The molecule has 5 nitrogen and oxygen atoms in total. The van der Waals surface area contributed by atoms with Crippen LogP contribution >= 0.6 is 0 Å². The van der Waals surface area contributed by atoms with E-state index in [1.54, 1.807) is 0 Å². The number of halogens is 3. The fourth-order valence-electron chi connectivity index (χ4n) is 2.56. The predicted octanol–water partition coefficient (Wildman–Crippen LogP) is 4.67. The SMILES string of the molecule is Cc1cccc(CNc2cc(C(=O)Nc3cccc(C(F)(F)F)c3)ncn2)c1. The van der Waals surface area contributed by atoms with Crippen molar-refractivity contribution in [3.8, 4) is 0 Å². The Bertz CT molecular complexity index is 989. The van der Waals surface area contributed by atoms with Gasteiger partial charge in [-0.25, -0.2) is 9.97 Å². The van der Waals surface area contributed by atoms with Gasteiger partial charge in [0.25, 0.3) is 5.91 Å². The standard InChI is InChI=1S/C20H17F3N4O/c1-13-4-2-5-14(8-13)11-24-18-10-17(25-12-26-18)19(28)27-16-7-3-6-15(9-16)20(21,22)23/h2-10,12H,11H2,1H3,(H,27,28)(H,24,25,26). The summed E-state index contributed by atoms with van der Waals surface area (Å²) >= 11 is 0. The highest BCUT2D eigenvalue weighted by Gasteiger charge is 2.30. The zero-order valence-electron chi connectivity index (χ0n) is 14.9. The van der Waals surface area contributed by atoms with Gasteiger partial charge in [0.05, 0.1) is 5.56 Å². The lowest BCUT2D eigenvalue weighted by atomic mass is 10.1. The first kappa shape index (κ1) is 19.3. The summed E-state index contributed by atoms with van der Waals surface area (Å²) in [5.74, 6) is -0.189. The smallest absolute Gasteiger partial charge is 0.366 e. The van der Waals surface area contributed by atoms with Crippen LogP contribution in [0.5, 0.6) is 0 Å². The van der Waals surface area contributed by atoms with E-state index in [1.165, 1.54) is 24.5 Å². The molecule has 2 aromatic carbocycles. The molecule has 8 heteroatoms. The second-order valence-corrected chi connectivity index (χ2v) is 6.16. The first-order chi connectivity index (χ1) is 13.3. The summed E-state index contributed by atoms with van der Waals surface area (Å²) in [5, 5.41) is 5.52. The second kappa shape index (κ2) is 8.08. The minimum atomic E-state index is -4.48. The molecule has 3 aromatic rings. The van der Waals surface area contributed by atoms with Crippen LogP contribution < -0.4 is 10.6 Å². The highest BCUT2D eigenvalue weighted by Crippen LogP contribution is 2.30. The Morgan fingerprint density at radius 3 is 2.57 bits per heavy atom. The third-order valence-corrected chi connectivity index (χ3v) is 3.90. The molecule has 1 amide bonds. The molecule has 0 aliphatic carbocycles. The van der Waals surface area contributed by atoms with Gasteiger partial charge in [-0.15, -0.1) is 0 Å². The second-order valence-electron chi connectivity index (χ2n) is 6.16. The molecule has 0 radical (unpaired) electrons. The molecule has 0 saturated heterocycles. The number of aromatic nitrogens is 2. The van der Waals surface area contributed by atoms with Gasteiger partial charge < -0.3 is 10.6 Å². The Kier molecular flexibility index (Phi) is 5.58. The Morgan fingerprint density at radius 2 is 1.82 bits per heavy atom. The maximum absolute atomic E-state index is 12.8. The highest BCUT2D eigenvalue weighted by molar-refractivity contribution is 6.03. The molecule has 28 heavy (non-hydrogen) atoms. The van der Waals surface area contributed by atoms with Crippen molar-refractivity contribution in [2.45, 2.75) is 19.6 Å². The van der Waals surface area contributed by atoms with Crippen molar-refractivity contribution in [3.05, 3.63) is 83.3 Å². The lowest BCUT2D eigenvalue weighted by molar-refractivity contribution is -0.137. The predicted molar refractivity (Wildman–Crippen MR) is 99.9 cm³/mol. The number of aryl methyl sites for hydroxylation is 1. The molecule has 0 aliphatic heterocycles. The van der Waals surface area contributed by atoms with Crippen LogP contribution in [0.15, 0.2) is 60.9 Å². The van der Waals surface area contributed by atoms with Crippen LogP contribution in [-0.4, -0.2) is 15.9 Å². The fourth-order valence-corrected chi connectivity index (χ4v) is 2.56. The van der Waals surface area contributed by atoms with Gasteiger partial charge in [0, 0.05) is 18.3 Å². The minimum Gasteiger partial charge on any atom is -0.366 e. The van der Waals surface area contributed by atoms with E-state index < -0.39 is 17.6 Å². The van der Waals surface area contributed by atoms with Crippen molar-refractivity contribution in [1.29, 1.82) is 0 Å². The number of carbonyl (C=O) groups excluding carboxylic acids is 1. The van der Waals surface area contributed by atoms with E-state index in [2.05, 4.69) is 20.6 Å². The van der Waals surface area contributed by atoms with Gasteiger partial charge >= 0.3 is 6.18 Å². The number of hydrogen-bond donors (Lipinski definition) is 2. The molecule has 144 valence electrons. The number of benzene rings is 2. The van der Waals surface area contributed by atoms with Crippen LogP contribution in [0.4, 0.5) is 24.7 Å². The molecule has 1 aromatic heterocycles. The van der Waals surface area contributed by atoms with Crippen molar-refractivity contribution >= 4 is 17.4 Å². The summed E-state index contributed by atoms with van der Waals surface area (Å²) in [6.07, 6.45) is -3.26. The number of hydrogen-bond acceptors (Lipinski definition) is 4. The molecular formula is C20H17F3N4O. The van der Waals surface area contributed by atoms with Crippen LogP contribution in [0.1, 0.15) is 27.2 Å². The first-order valence-corrected chi connectivity index (χ1v) is 8.41. The van der Waals surface area contributed by atoms with Crippen LogP contribution in [0, 0.1) is 6.92 Å². The van der Waals surface area contributed by atoms with Crippen molar-refractivity contribution < 1.29 is 18.0 Å². The number of amides is 1. The summed E-state index contributed by atoms with van der Waals surface area (Å²) in [5.41, 5.74) is 1.41. The van der Waals surface area contributed by atoms with Crippen molar-refractivity contribution in [3.63, 3.8) is 0 Å². The molecule has 1 heterocycles. The number of nitrogens with zero attached hydrogens (tertiary/aromatic N) is 2. The maximum Gasteiger partial charge on any atom is 0.416 e. The average molecular weight is 386 g/mol. The molecule has 0 spiro atoms. The fraction of sp³-hybridized carbons (Fsp3) is 0.150. The maximum atomic E-state index is 12.8. The monoisotopic (exact) mass is 386 g/mol. The summed E-state index contributed by atoms with van der Waals surface area (Å²) < 4.78 is 38.4. The number of alkyl halides is 3. The lowest BCUT2D eigenvalue weighted by Gasteiger charge is -2.10. The quantitative estimate of drug-likeness (QED) is 0.669. The van der Waals surface area contributed by atoms with Gasteiger partial charge in [-0.2, -0.15) is 13.2 Å². The third-order valence-electron chi connectivity index (χ3n) is 3.90. The molecule has 0 saturated carbocycles. The van der Waals surface area contributed by atoms with Crippen LogP contribution in [0.3, 0.4) is 0 Å². The van der Waals surface area contributed by atoms with Gasteiger partial charge in [0.15, 0.2) is 0 Å². The van der Waals surface area contributed by atoms with Gasteiger partial charge in [0.1, 0.15) is 17.8 Å². The van der Waals surface area contributed by atoms with Gasteiger partial charge in [-0.3, -0.25) is 4.79 Å². The van der Waals surface area contributed by atoms with E-state index >= 15 is 0 Å². The van der Waals surface area contributed by atoms with Crippen LogP contribution in [0.25, 0.3) is 0 Å². The summed E-state index contributed by atoms with van der Waals surface area (Å²) in [6.45, 7) is 2.50. The van der Waals surface area contributed by atoms with Gasteiger partial charge in [-0.1, -0.05) is 35.9 Å². The number of nitrogens with one attached hydrogen (secondary N) is 2. The van der Waals surface area contributed by atoms with Crippen molar-refractivity contribution in [2.24, 2.45) is 0 Å². The molecule has 3 rings (SSSR count). The Hall–Kier alpha value is -3.42. The van der Waals surface area contributed by atoms with E-state index in [9.17, 15) is 18.0 Å². The number of rotatable bonds is 5. The molecule has 0 aliphatic rings. The molecule has 0 atom stereocenters. The largest absolute Gasteiger partial charge is 0.416 e. The average Bonchev–Trinajstić information content (AvgIpc) is 2.66. The molecular weight excluding hydrogens is 369 g/mol. The molecule has 0 fully saturated rings. The summed E-state index contributed by atoms with van der Waals surface area (Å²) in [4.78, 5) is 20.3. The summed E-state index contributed by atoms with van der Waals surface area (Å²) in [7, 11) is 0. The van der Waals surface area contributed by atoms with Gasteiger partial charge in [-0.05, 0) is 30.7 Å².